The lowest BCUT2D eigenvalue weighted by atomic mass is 10.1. The van der Waals surface area contributed by atoms with Gasteiger partial charge in [-0.3, -0.25) is 0 Å². The van der Waals surface area contributed by atoms with Crippen LogP contribution in [0.3, 0.4) is 0 Å². The summed E-state index contributed by atoms with van der Waals surface area (Å²) >= 11 is 0. The Balaban J connectivity index is 0.000000640. The van der Waals surface area contributed by atoms with Gasteiger partial charge in [0.2, 0.25) is 0 Å². The van der Waals surface area contributed by atoms with Gasteiger partial charge in [0.15, 0.2) is 5.79 Å². The molecule has 1 N–H and O–H groups in total. The van der Waals surface area contributed by atoms with Crippen LogP contribution >= 0.6 is 12.4 Å². The van der Waals surface area contributed by atoms with Crippen LogP contribution in [-0.2, 0) is 4.74 Å². The Morgan fingerprint density at radius 2 is 2.11 bits per heavy atom. The number of ether oxygens (including phenoxy) is 1. The molecule has 2 nitrogen and oxygen atoms in total. The molecule has 56 valence electrons. The van der Waals surface area contributed by atoms with Gasteiger partial charge in [-0.25, -0.2) is 0 Å². The third kappa shape index (κ3) is 3.04. The van der Waals surface area contributed by atoms with Crippen molar-refractivity contribution in [2.75, 3.05) is 6.61 Å². The van der Waals surface area contributed by atoms with Gasteiger partial charge >= 0.3 is 0 Å². The second-order valence-electron chi connectivity index (χ2n) is 2.48. The fraction of sp³-hybridized carbons (Fsp3) is 1.00. The van der Waals surface area contributed by atoms with Crippen LogP contribution in [0.5, 0.6) is 0 Å². The zero-order valence-corrected chi connectivity index (χ0v) is 6.41. The molecule has 1 heterocycles. The zero-order chi connectivity index (χ0) is 6.04. The zero-order valence-electron chi connectivity index (χ0n) is 5.59. The summed E-state index contributed by atoms with van der Waals surface area (Å²) in [6, 6.07) is 0. The Bertz CT molecular complexity index is 75.1. The molecule has 0 aromatic heterocycles. The van der Waals surface area contributed by atoms with E-state index in [9.17, 15) is 0 Å². The highest BCUT2D eigenvalue weighted by Crippen LogP contribution is 2.20. The molecule has 0 aliphatic carbocycles. The minimum atomic E-state index is -0.821. The van der Waals surface area contributed by atoms with Crippen molar-refractivity contribution in [2.45, 2.75) is 32.0 Å². The molecular formula is C6H13ClO2. The SMILES string of the molecule is C[C@@]1(O)CCCCO1.Cl. The fourth-order valence-corrected chi connectivity index (χ4v) is 0.919. The van der Waals surface area contributed by atoms with Gasteiger partial charge in [0.25, 0.3) is 0 Å². The standard InChI is InChI=1S/C6H12O2.ClH/c1-6(7)4-2-3-5-8-6;/h7H,2-5H2,1H3;1H/t6-;/m0./s1. The fourth-order valence-electron chi connectivity index (χ4n) is 0.919. The topological polar surface area (TPSA) is 29.5 Å². The van der Waals surface area contributed by atoms with Crippen LogP contribution in [0, 0.1) is 0 Å². The summed E-state index contributed by atoms with van der Waals surface area (Å²) in [5.41, 5.74) is 0. The Labute approximate surface area is 61.6 Å². The van der Waals surface area contributed by atoms with Gasteiger partial charge in [0.1, 0.15) is 0 Å². The van der Waals surface area contributed by atoms with E-state index < -0.39 is 5.79 Å². The van der Waals surface area contributed by atoms with E-state index in [0.29, 0.717) is 6.61 Å². The highest BCUT2D eigenvalue weighted by atomic mass is 35.5. The van der Waals surface area contributed by atoms with E-state index in [-0.39, 0.29) is 12.4 Å². The summed E-state index contributed by atoms with van der Waals surface area (Å²) in [5.74, 6) is -0.821. The molecule has 0 aromatic rings. The molecule has 3 heteroatoms. The number of halogens is 1. The van der Waals surface area contributed by atoms with E-state index >= 15 is 0 Å². The van der Waals surface area contributed by atoms with Crippen LogP contribution in [-0.4, -0.2) is 17.5 Å². The average Bonchev–Trinajstić information content (AvgIpc) is 1.65. The lowest BCUT2D eigenvalue weighted by Gasteiger charge is -2.27. The quantitative estimate of drug-likeness (QED) is 0.568. The average molecular weight is 153 g/mol. The van der Waals surface area contributed by atoms with Gasteiger partial charge in [-0.2, -0.15) is 0 Å². The first kappa shape index (κ1) is 9.21. The molecular weight excluding hydrogens is 140 g/mol. The summed E-state index contributed by atoms with van der Waals surface area (Å²) in [4.78, 5) is 0. The van der Waals surface area contributed by atoms with Gasteiger partial charge in [-0.15, -0.1) is 12.4 Å². The highest BCUT2D eigenvalue weighted by Gasteiger charge is 2.23. The maximum absolute atomic E-state index is 9.15. The van der Waals surface area contributed by atoms with Crippen molar-refractivity contribution < 1.29 is 9.84 Å². The van der Waals surface area contributed by atoms with Crippen molar-refractivity contribution in [1.29, 1.82) is 0 Å². The van der Waals surface area contributed by atoms with E-state index in [4.69, 9.17) is 9.84 Å². The number of hydrogen-bond donors (Lipinski definition) is 1. The predicted molar refractivity (Wildman–Crippen MR) is 37.7 cm³/mol. The minimum absolute atomic E-state index is 0. The smallest absolute Gasteiger partial charge is 0.162 e. The Morgan fingerprint density at radius 1 is 1.44 bits per heavy atom. The highest BCUT2D eigenvalue weighted by molar-refractivity contribution is 5.85. The summed E-state index contributed by atoms with van der Waals surface area (Å²) < 4.78 is 5.02. The second kappa shape index (κ2) is 3.40. The third-order valence-corrected chi connectivity index (χ3v) is 1.45. The molecule has 1 rings (SSSR count). The van der Waals surface area contributed by atoms with E-state index in [1.165, 1.54) is 0 Å². The van der Waals surface area contributed by atoms with E-state index in [1.54, 1.807) is 6.92 Å². The van der Waals surface area contributed by atoms with E-state index in [0.717, 1.165) is 19.3 Å². The van der Waals surface area contributed by atoms with Crippen molar-refractivity contribution >= 4 is 12.4 Å². The third-order valence-electron chi connectivity index (χ3n) is 1.45. The number of aliphatic hydroxyl groups is 1. The molecule has 0 saturated carbocycles. The van der Waals surface area contributed by atoms with E-state index in [2.05, 4.69) is 0 Å². The van der Waals surface area contributed by atoms with Gasteiger partial charge in [0, 0.05) is 6.42 Å². The maximum Gasteiger partial charge on any atom is 0.162 e. The van der Waals surface area contributed by atoms with Crippen molar-refractivity contribution in [3.05, 3.63) is 0 Å². The van der Waals surface area contributed by atoms with Crippen LogP contribution < -0.4 is 0 Å². The summed E-state index contributed by atoms with van der Waals surface area (Å²) in [6.45, 7) is 2.43. The molecule has 0 aromatic carbocycles. The van der Waals surface area contributed by atoms with Crippen LogP contribution in [0.1, 0.15) is 26.2 Å². The predicted octanol–water partition coefficient (Wildman–Crippen LogP) is 1.32. The summed E-state index contributed by atoms with van der Waals surface area (Å²) in [6.07, 6.45) is 2.97. The number of rotatable bonds is 0. The molecule has 9 heavy (non-hydrogen) atoms. The monoisotopic (exact) mass is 152 g/mol. The summed E-state index contributed by atoms with van der Waals surface area (Å²) in [5, 5.41) is 9.15. The Morgan fingerprint density at radius 3 is 2.33 bits per heavy atom. The van der Waals surface area contributed by atoms with Crippen LogP contribution in [0.15, 0.2) is 0 Å². The van der Waals surface area contributed by atoms with Crippen molar-refractivity contribution in [2.24, 2.45) is 0 Å². The molecule has 0 bridgehead atoms. The Hall–Kier alpha value is 0.210. The molecule has 0 spiro atoms. The van der Waals surface area contributed by atoms with Gasteiger partial charge < -0.3 is 9.84 Å². The molecule has 0 unspecified atom stereocenters. The number of hydrogen-bond acceptors (Lipinski definition) is 2. The lowest BCUT2D eigenvalue weighted by Crippen LogP contribution is -2.31. The summed E-state index contributed by atoms with van der Waals surface area (Å²) in [7, 11) is 0. The first-order chi connectivity index (χ1) is 3.71. The first-order valence-electron chi connectivity index (χ1n) is 3.07. The normalized spacial score (nSPS) is 35.3. The molecule has 1 atom stereocenters. The molecule has 1 fully saturated rings. The molecule has 1 saturated heterocycles. The first-order valence-corrected chi connectivity index (χ1v) is 3.07. The van der Waals surface area contributed by atoms with Crippen molar-refractivity contribution in [1.82, 2.24) is 0 Å². The van der Waals surface area contributed by atoms with Crippen LogP contribution in [0.2, 0.25) is 0 Å². The van der Waals surface area contributed by atoms with Crippen molar-refractivity contribution in [3.63, 3.8) is 0 Å². The van der Waals surface area contributed by atoms with Crippen molar-refractivity contribution in [3.8, 4) is 0 Å². The minimum Gasteiger partial charge on any atom is -0.366 e. The van der Waals surface area contributed by atoms with Gasteiger partial charge in [0.05, 0.1) is 6.61 Å². The molecule has 0 radical (unpaired) electrons. The lowest BCUT2D eigenvalue weighted by molar-refractivity contribution is -0.210. The van der Waals surface area contributed by atoms with Gasteiger partial charge in [-0.1, -0.05) is 0 Å². The second-order valence-corrected chi connectivity index (χ2v) is 2.48. The molecule has 1 aliphatic heterocycles. The Kier molecular flexibility index (Phi) is 3.48. The largest absolute Gasteiger partial charge is 0.366 e. The van der Waals surface area contributed by atoms with Crippen LogP contribution in [0.4, 0.5) is 0 Å². The van der Waals surface area contributed by atoms with E-state index in [1.807, 2.05) is 0 Å². The maximum atomic E-state index is 9.15. The van der Waals surface area contributed by atoms with Gasteiger partial charge in [-0.05, 0) is 19.8 Å². The van der Waals surface area contributed by atoms with Crippen LogP contribution in [0.25, 0.3) is 0 Å². The molecule has 0 amide bonds. The molecule has 1 aliphatic rings.